The predicted molar refractivity (Wildman–Crippen MR) is 123 cm³/mol. The van der Waals surface area contributed by atoms with Crippen LogP contribution in [-0.2, 0) is 11.0 Å². The topological polar surface area (TPSA) is 68.5 Å². The first-order valence-corrected chi connectivity index (χ1v) is 10.4. The Hall–Kier alpha value is -3.78. The van der Waals surface area contributed by atoms with Crippen LogP contribution in [0.1, 0.15) is 11.1 Å². The van der Waals surface area contributed by atoms with E-state index in [1.54, 1.807) is 42.5 Å². The molecule has 0 radical (unpaired) electrons. The number of aryl methyl sites for hydroxylation is 1. The number of hydrogen-bond donors (Lipinski definition) is 1. The number of carbonyl (C=O) groups excluding carboxylic acids is 1. The maximum Gasteiger partial charge on any atom is 0.416 e. The molecular weight excluding hydrogens is 471 g/mol. The van der Waals surface area contributed by atoms with Gasteiger partial charge in [0.1, 0.15) is 5.58 Å². The van der Waals surface area contributed by atoms with E-state index in [-0.39, 0.29) is 22.6 Å². The Bertz CT molecular complexity index is 1430. The van der Waals surface area contributed by atoms with Crippen molar-refractivity contribution in [1.82, 2.24) is 0 Å². The van der Waals surface area contributed by atoms with Gasteiger partial charge in [-0.15, -0.1) is 0 Å². The lowest BCUT2D eigenvalue weighted by Gasteiger charge is -2.13. The van der Waals surface area contributed by atoms with Gasteiger partial charge in [0.25, 0.3) is 5.91 Å². The lowest BCUT2D eigenvalue weighted by Crippen LogP contribution is -2.23. The molecule has 5 nitrogen and oxygen atoms in total. The Kier molecular flexibility index (Phi) is 6.34. The van der Waals surface area contributed by atoms with Crippen LogP contribution in [0.3, 0.4) is 0 Å². The van der Waals surface area contributed by atoms with Gasteiger partial charge in [-0.3, -0.25) is 9.59 Å². The van der Waals surface area contributed by atoms with Crippen LogP contribution in [0.2, 0.25) is 5.02 Å². The van der Waals surface area contributed by atoms with Crippen molar-refractivity contribution < 1.29 is 27.1 Å². The van der Waals surface area contributed by atoms with E-state index in [1.807, 2.05) is 6.92 Å². The lowest BCUT2D eigenvalue weighted by molar-refractivity contribution is -0.137. The average Bonchev–Trinajstić information content (AvgIpc) is 2.79. The number of hydrogen-bond acceptors (Lipinski definition) is 4. The summed E-state index contributed by atoms with van der Waals surface area (Å²) >= 11 is 5.95. The van der Waals surface area contributed by atoms with Gasteiger partial charge in [0.15, 0.2) is 12.4 Å². The van der Waals surface area contributed by atoms with Crippen molar-refractivity contribution in [2.45, 2.75) is 13.1 Å². The second-order valence-corrected chi connectivity index (χ2v) is 7.95. The van der Waals surface area contributed by atoms with Crippen LogP contribution in [0, 0.1) is 6.92 Å². The molecule has 1 amide bonds. The molecule has 0 aliphatic heterocycles. The Morgan fingerprint density at radius 3 is 2.50 bits per heavy atom. The summed E-state index contributed by atoms with van der Waals surface area (Å²) < 4.78 is 50.2. The molecule has 0 aliphatic carbocycles. The number of ether oxygens (including phenoxy) is 1. The second kappa shape index (κ2) is 9.23. The average molecular weight is 488 g/mol. The van der Waals surface area contributed by atoms with Gasteiger partial charge in [0, 0.05) is 16.3 Å². The molecule has 0 unspecified atom stereocenters. The molecule has 0 bridgehead atoms. The van der Waals surface area contributed by atoms with Crippen molar-refractivity contribution in [1.29, 1.82) is 0 Å². The van der Waals surface area contributed by atoms with E-state index in [1.165, 1.54) is 12.1 Å². The fourth-order valence-electron chi connectivity index (χ4n) is 3.32. The van der Waals surface area contributed by atoms with Crippen molar-refractivity contribution in [2.75, 3.05) is 11.9 Å². The highest BCUT2D eigenvalue weighted by atomic mass is 35.5. The molecule has 0 aliphatic rings. The van der Waals surface area contributed by atoms with Crippen LogP contribution < -0.4 is 15.5 Å². The van der Waals surface area contributed by atoms with Crippen LogP contribution in [0.4, 0.5) is 18.9 Å². The minimum Gasteiger partial charge on any atom is -0.476 e. The molecule has 0 saturated heterocycles. The van der Waals surface area contributed by atoms with E-state index >= 15 is 0 Å². The summed E-state index contributed by atoms with van der Waals surface area (Å²) in [6.45, 7) is 1.19. The SMILES string of the molecule is Cc1ccc2oc(-c3ccc(Cl)cc3)c(OCC(=O)Nc3cccc(C(F)(F)F)c3)c(=O)c2c1. The zero-order chi connectivity index (χ0) is 24.5. The highest BCUT2D eigenvalue weighted by Gasteiger charge is 2.30. The van der Waals surface area contributed by atoms with Crippen molar-refractivity contribution in [3.63, 3.8) is 0 Å². The molecule has 4 rings (SSSR count). The molecule has 3 aromatic carbocycles. The molecule has 0 atom stereocenters. The Labute approximate surface area is 196 Å². The number of amides is 1. The molecule has 9 heteroatoms. The maximum absolute atomic E-state index is 13.2. The third kappa shape index (κ3) is 5.07. The van der Waals surface area contributed by atoms with Crippen molar-refractivity contribution in [2.24, 2.45) is 0 Å². The predicted octanol–water partition coefficient (Wildman–Crippen LogP) is 6.46. The summed E-state index contributed by atoms with van der Waals surface area (Å²) in [7, 11) is 0. The molecule has 1 heterocycles. The third-order valence-corrected chi connectivity index (χ3v) is 5.18. The van der Waals surface area contributed by atoms with Crippen LogP contribution in [0.25, 0.3) is 22.3 Å². The van der Waals surface area contributed by atoms with E-state index in [2.05, 4.69) is 5.32 Å². The first kappa shape index (κ1) is 23.4. The number of rotatable bonds is 5. The molecule has 1 aromatic heterocycles. The summed E-state index contributed by atoms with van der Waals surface area (Å²) in [5, 5.41) is 3.09. The molecule has 34 heavy (non-hydrogen) atoms. The highest BCUT2D eigenvalue weighted by molar-refractivity contribution is 6.30. The van der Waals surface area contributed by atoms with Gasteiger partial charge in [-0.2, -0.15) is 13.2 Å². The van der Waals surface area contributed by atoms with Gasteiger partial charge in [0.2, 0.25) is 11.2 Å². The Morgan fingerprint density at radius 2 is 1.79 bits per heavy atom. The molecular formula is C25H17ClF3NO4. The van der Waals surface area contributed by atoms with Gasteiger partial charge >= 0.3 is 6.18 Å². The summed E-state index contributed by atoms with van der Waals surface area (Å²) in [6, 6.07) is 15.8. The number of carbonyl (C=O) groups is 1. The molecule has 0 spiro atoms. The normalized spacial score (nSPS) is 11.4. The van der Waals surface area contributed by atoms with E-state index < -0.39 is 29.7 Å². The number of nitrogens with one attached hydrogen (secondary N) is 1. The monoisotopic (exact) mass is 487 g/mol. The molecule has 0 fully saturated rings. The number of fused-ring (bicyclic) bond motifs is 1. The van der Waals surface area contributed by atoms with Gasteiger partial charge in [-0.1, -0.05) is 29.3 Å². The Morgan fingerprint density at radius 1 is 1.06 bits per heavy atom. The minimum atomic E-state index is -4.55. The zero-order valence-electron chi connectivity index (χ0n) is 17.7. The number of anilines is 1. The highest BCUT2D eigenvalue weighted by Crippen LogP contribution is 2.32. The van der Waals surface area contributed by atoms with E-state index in [0.717, 1.165) is 17.7 Å². The quantitative estimate of drug-likeness (QED) is 0.351. The largest absolute Gasteiger partial charge is 0.476 e. The second-order valence-electron chi connectivity index (χ2n) is 7.51. The van der Waals surface area contributed by atoms with E-state index in [9.17, 15) is 22.8 Å². The number of benzene rings is 3. The maximum atomic E-state index is 13.2. The van der Waals surface area contributed by atoms with Crippen LogP contribution in [0.15, 0.2) is 75.9 Å². The molecule has 1 N–H and O–H groups in total. The minimum absolute atomic E-state index is 0.0532. The smallest absolute Gasteiger partial charge is 0.416 e. The zero-order valence-corrected chi connectivity index (χ0v) is 18.5. The number of halogens is 4. The Balaban J connectivity index is 1.65. The summed E-state index contributed by atoms with van der Waals surface area (Å²) in [4.78, 5) is 25.6. The van der Waals surface area contributed by atoms with Crippen molar-refractivity contribution >= 4 is 34.2 Å². The van der Waals surface area contributed by atoms with Crippen LogP contribution >= 0.6 is 11.6 Å². The van der Waals surface area contributed by atoms with Crippen molar-refractivity contribution in [3.8, 4) is 17.1 Å². The molecule has 174 valence electrons. The van der Waals surface area contributed by atoms with Gasteiger partial charge < -0.3 is 14.5 Å². The molecule has 4 aromatic rings. The van der Waals surface area contributed by atoms with Crippen molar-refractivity contribution in [3.05, 3.63) is 93.1 Å². The van der Waals surface area contributed by atoms with Crippen LogP contribution in [-0.4, -0.2) is 12.5 Å². The standard InChI is InChI=1S/C25H17ClF3NO4/c1-14-5-10-20-19(11-14)22(32)24(23(34-20)15-6-8-17(26)9-7-15)33-13-21(31)30-18-4-2-3-16(12-18)25(27,28)29/h2-12H,13H2,1H3,(H,30,31). The first-order valence-electron chi connectivity index (χ1n) is 10.0. The van der Waals surface area contributed by atoms with Crippen LogP contribution in [0.5, 0.6) is 5.75 Å². The summed E-state index contributed by atoms with van der Waals surface area (Å²) in [5.74, 6) is -0.838. The van der Waals surface area contributed by atoms with Gasteiger partial charge in [0.05, 0.1) is 10.9 Å². The molecule has 0 saturated carbocycles. The lowest BCUT2D eigenvalue weighted by atomic mass is 10.1. The van der Waals surface area contributed by atoms with Gasteiger partial charge in [-0.25, -0.2) is 0 Å². The first-order chi connectivity index (χ1) is 16.1. The summed E-state index contributed by atoms with van der Waals surface area (Å²) in [6.07, 6.45) is -4.55. The van der Waals surface area contributed by atoms with E-state index in [0.29, 0.717) is 16.2 Å². The fraction of sp³-hybridized carbons (Fsp3) is 0.120. The fourth-order valence-corrected chi connectivity index (χ4v) is 3.45. The number of alkyl halides is 3. The van der Waals surface area contributed by atoms with Gasteiger partial charge in [-0.05, 0) is 61.5 Å². The van der Waals surface area contributed by atoms with E-state index in [4.69, 9.17) is 20.8 Å². The third-order valence-electron chi connectivity index (χ3n) is 4.93. The summed E-state index contributed by atoms with van der Waals surface area (Å²) in [5.41, 5.74) is 0.219.